The molecule has 0 amide bonds. The SMILES string of the molecule is COC(C)(C)CNc1cc(C(=O)O)c(N)cc1Br. The summed E-state index contributed by atoms with van der Waals surface area (Å²) >= 11 is 3.34. The van der Waals surface area contributed by atoms with Crippen LogP contribution in [0.5, 0.6) is 0 Å². The van der Waals surface area contributed by atoms with Crippen LogP contribution in [0.15, 0.2) is 16.6 Å². The molecule has 5 nitrogen and oxygen atoms in total. The second-order valence-corrected chi connectivity index (χ2v) is 5.40. The average Bonchev–Trinajstić information content (AvgIpc) is 2.27. The van der Waals surface area contributed by atoms with E-state index >= 15 is 0 Å². The van der Waals surface area contributed by atoms with Crippen molar-refractivity contribution in [1.82, 2.24) is 0 Å². The molecule has 4 N–H and O–H groups in total. The number of carboxylic acids is 1. The highest BCUT2D eigenvalue weighted by molar-refractivity contribution is 9.10. The Morgan fingerprint density at radius 3 is 2.67 bits per heavy atom. The molecule has 0 radical (unpaired) electrons. The molecule has 0 atom stereocenters. The van der Waals surface area contributed by atoms with Gasteiger partial charge in [-0.1, -0.05) is 0 Å². The van der Waals surface area contributed by atoms with Crippen molar-refractivity contribution < 1.29 is 14.6 Å². The molecule has 0 aliphatic heterocycles. The first-order valence-electron chi connectivity index (χ1n) is 5.38. The van der Waals surface area contributed by atoms with Crippen LogP contribution in [0.3, 0.4) is 0 Å². The minimum Gasteiger partial charge on any atom is -0.478 e. The van der Waals surface area contributed by atoms with E-state index in [0.717, 1.165) is 4.47 Å². The highest BCUT2D eigenvalue weighted by atomic mass is 79.9. The predicted molar refractivity (Wildman–Crippen MR) is 75.1 cm³/mol. The maximum atomic E-state index is 11.0. The Morgan fingerprint density at radius 1 is 1.56 bits per heavy atom. The van der Waals surface area contributed by atoms with Crippen molar-refractivity contribution in [2.45, 2.75) is 19.4 Å². The number of ether oxygens (including phenoxy) is 1. The smallest absolute Gasteiger partial charge is 0.337 e. The number of benzene rings is 1. The van der Waals surface area contributed by atoms with Crippen LogP contribution in [0.1, 0.15) is 24.2 Å². The number of nitrogens with two attached hydrogens (primary N) is 1. The molecular formula is C12H17BrN2O3. The van der Waals surface area contributed by atoms with E-state index in [0.29, 0.717) is 12.2 Å². The Morgan fingerprint density at radius 2 is 2.17 bits per heavy atom. The normalized spacial score (nSPS) is 11.3. The van der Waals surface area contributed by atoms with E-state index in [1.807, 2.05) is 13.8 Å². The lowest BCUT2D eigenvalue weighted by atomic mass is 10.1. The number of halogens is 1. The summed E-state index contributed by atoms with van der Waals surface area (Å²) in [5, 5.41) is 12.1. The van der Waals surface area contributed by atoms with Crippen LogP contribution in [0.25, 0.3) is 0 Å². The van der Waals surface area contributed by atoms with Crippen LogP contribution >= 0.6 is 15.9 Å². The molecule has 1 aromatic carbocycles. The Labute approximate surface area is 114 Å². The fourth-order valence-corrected chi connectivity index (χ4v) is 1.79. The highest BCUT2D eigenvalue weighted by Gasteiger charge is 2.18. The van der Waals surface area contributed by atoms with E-state index in [2.05, 4.69) is 21.2 Å². The molecule has 18 heavy (non-hydrogen) atoms. The lowest BCUT2D eigenvalue weighted by Crippen LogP contribution is -2.32. The lowest BCUT2D eigenvalue weighted by Gasteiger charge is -2.24. The summed E-state index contributed by atoms with van der Waals surface area (Å²) in [6.45, 7) is 4.41. The number of nitrogen functional groups attached to an aromatic ring is 1. The van der Waals surface area contributed by atoms with Gasteiger partial charge in [0.2, 0.25) is 0 Å². The van der Waals surface area contributed by atoms with Gasteiger partial charge in [0.1, 0.15) is 0 Å². The number of carboxylic acid groups (broad SMARTS) is 1. The lowest BCUT2D eigenvalue weighted by molar-refractivity contribution is 0.0343. The topological polar surface area (TPSA) is 84.6 Å². The van der Waals surface area contributed by atoms with Gasteiger partial charge in [0.15, 0.2) is 0 Å². The molecule has 6 heteroatoms. The zero-order valence-electron chi connectivity index (χ0n) is 10.6. The molecule has 0 unspecified atom stereocenters. The number of methoxy groups -OCH3 is 1. The van der Waals surface area contributed by atoms with Crippen LogP contribution in [0, 0.1) is 0 Å². The van der Waals surface area contributed by atoms with Crippen molar-refractivity contribution in [2.24, 2.45) is 0 Å². The van der Waals surface area contributed by atoms with Crippen molar-refractivity contribution in [3.8, 4) is 0 Å². The average molecular weight is 317 g/mol. The van der Waals surface area contributed by atoms with Gasteiger partial charge in [0, 0.05) is 29.5 Å². The molecule has 0 aromatic heterocycles. The Kier molecular flexibility index (Phi) is 4.59. The van der Waals surface area contributed by atoms with E-state index in [1.165, 1.54) is 6.07 Å². The number of anilines is 2. The monoisotopic (exact) mass is 316 g/mol. The molecule has 0 fully saturated rings. The summed E-state index contributed by atoms with van der Waals surface area (Å²) in [7, 11) is 1.63. The van der Waals surface area contributed by atoms with Crippen LogP contribution in [-0.2, 0) is 4.74 Å². The summed E-state index contributed by atoms with van der Waals surface area (Å²) < 4.78 is 6.00. The highest BCUT2D eigenvalue weighted by Crippen LogP contribution is 2.28. The maximum absolute atomic E-state index is 11.0. The van der Waals surface area contributed by atoms with Crippen LogP contribution in [0.4, 0.5) is 11.4 Å². The van der Waals surface area contributed by atoms with Gasteiger partial charge in [-0.05, 0) is 41.9 Å². The van der Waals surface area contributed by atoms with Gasteiger partial charge in [-0.2, -0.15) is 0 Å². The van der Waals surface area contributed by atoms with Gasteiger partial charge in [-0.25, -0.2) is 4.79 Å². The first-order chi connectivity index (χ1) is 8.26. The van der Waals surface area contributed by atoms with E-state index < -0.39 is 5.97 Å². The molecule has 100 valence electrons. The standard InChI is InChI=1S/C12H17BrN2O3/c1-12(2,18-3)6-15-10-4-7(11(16)17)9(14)5-8(10)13/h4-5,15H,6,14H2,1-3H3,(H,16,17). The third-order valence-corrected chi connectivity index (χ3v) is 3.28. The molecule has 1 rings (SSSR count). The van der Waals surface area contributed by atoms with Gasteiger partial charge >= 0.3 is 5.97 Å². The van der Waals surface area contributed by atoms with Gasteiger partial charge in [-0.15, -0.1) is 0 Å². The van der Waals surface area contributed by atoms with Crippen molar-refractivity contribution >= 4 is 33.3 Å². The number of carbonyl (C=O) groups is 1. The largest absolute Gasteiger partial charge is 0.478 e. The van der Waals surface area contributed by atoms with E-state index in [9.17, 15) is 4.79 Å². The van der Waals surface area contributed by atoms with Crippen LogP contribution in [-0.4, -0.2) is 30.3 Å². The summed E-state index contributed by atoms with van der Waals surface area (Å²) in [4.78, 5) is 11.0. The molecule has 0 heterocycles. The quantitative estimate of drug-likeness (QED) is 0.727. The first kappa shape index (κ1) is 14.8. The van der Waals surface area contributed by atoms with Gasteiger partial charge in [0.25, 0.3) is 0 Å². The molecule has 0 spiro atoms. The van der Waals surface area contributed by atoms with E-state index in [-0.39, 0.29) is 16.9 Å². The first-order valence-corrected chi connectivity index (χ1v) is 6.17. The molecule has 1 aromatic rings. The van der Waals surface area contributed by atoms with E-state index in [1.54, 1.807) is 13.2 Å². The number of rotatable bonds is 5. The second-order valence-electron chi connectivity index (χ2n) is 4.54. The fraction of sp³-hybridized carbons (Fsp3) is 0.417. The van der Waals surface area contributed by atoms with Crippen molar-refractivity contribution in [3.63, 3.8) is 0 Å². The second kappa shape index (κ2) is 5.58. The molecule has 0 aliphatic rings. The third kappa shape index (κ3) is 3.61. The summed E-state index contributed by atoms with van der Waals surface area (Å²) in [6.07, 6.45) is 0. The summed E-state index contributed by atoms with van der Waals surface area (Å²) in [6, 6.07) is 3.08. The van der Waals surface area contributed by atoms with Gasteiger partial charge in [-0.3, -0.25) is 0 Å². The van der Waals surface area contributed by atoms with Crippen LogP contribution in [0.2, 0.25) is 0 Å². The molecule has 0 bridgehead atoms. The number of aromatic carboxylic acids is 1. The zero-order valence-corrected chi connectivity index (χ0v) is 12.2. The van der Waals surface area contributed by atoms with E-state index in [4.69, 9.17) is 15.6 Å². The number of nitrogens with one attached hydrogen (secondary N) is 1. The molecule has 0 saturated heterocycles. The van der Waals surface area contributed by atoms with Crippen molar-refractivity contribution in [1.29, 1.82) is 0 Å². The minimum absolute atomic E-state index is 0.0796. The number of hydrogen-bond donors (Lipinski definition) is 3. The Hall–Kier alpha value is -1.27. The van der Waals surface area contributed by atoms with Crippen molar-refractivity contribution in [3.05, 3.63) is 22.2 Å². The molecular weight excluding hydrogens is 300 g/mol. The Balaban J connectivity index is 2.96. The van der Waals surface area contributed by atoms with Crippen LogP contribution < -0.4 is 11.1 Å². The molecule has 0 saturated carbocycles. The number of hydrogen-bond acceptors (Lipinski definition) is 4. The van der Waals surface area contributed by atoms with Gasteiger partial charge < -0.3 is 20.9 Å². The minimum atomic E-state index is -1.05. The Bertz CT molecular complexity index is 461. The summed E-state index contributed by atoms with van der Waals surface area (Å²) in [5.41, 5.74) is 6.27. The molecule has 0 aliphatic carbocycles. The van der Waals surface area contributed by atoms with Crippen molar-refractivity contribution in [2.75, 3.05) is 24.7 Å². The van der Waals surface area contributed by atoms with Gasteiger partial charge in [0.05, 0.1) is 11.2 Å². The summed E-state index contributed by atoms with van der Waals surface area (Å²) in [5.74, 6) is -1.05. The maximum Gasteiger partial charge on any atom is 0.337 e. The predicted octanol–water partition coefficient (Wildman–Crippen LogP) is 2.57. The zero-order chi connectivity index (χ0) is 13.9. The fourth-order valence-electron chi connectivity index (χ4n) is 1.29. The third-order valence-electron chi connectivity index (χ3n) is 2.63.